The minimum absolute atomic E-state index is 0.172. The number of benzene rings is 13. The number of aryl methyl sites for hydroxylation is 5. The summed E-state index contributed by atoms with van der Waals surface area (Å²) in [4.78, 5) is 5.41. The lowest BCUT2D eigenvalue weighted by atomic mass is 9.33. The van der Waals surface area contributed by atoms with E-state index in [1.165, 1.54) is 143 Å². The number of aromatic nitrogens is 2. The van der Waals surface area contributed by atoms with Gasteiger partial charge in [-0.1, -0.05) is 222 Å². The van der Waals surface area contributed by atoms with E-state index in [1.807, 2.05) is 0 Å². The molecule has 0 fully saturated rings. The van der Waals surface area contributed by atoms with E-state index >= 15 is 0 Å². The number of hydrogen-bond acceptors (Lipinski definition) is 2. The van der Waals surface area contributed by atoms with E-state index in [2.05, 4.69) is 362 Å². The highest BCUT2D eigenvalue weighted by Gasteiger charge is 2.46. The molecule has 0 unspecified atom stereocenters. The third-order valence-electron chi connectivity index (χ3n) is 20.6. The second-order valence-electron chi connectivity index (χ2n) is 29.4. The standard InChI is InChI=1S/C91H77BN4/c1-56-32-40-79-73(44-56)74-45-57(2)33-41-80(74)93(79)67-36-38-77-83(54-67)95(88-69(61-24-16-12-17-25-61)50-65(90(6,7)8)51-70(88)62-26-18-13-19-27-62)85-48-60(5)49-86-87(85)92(77)78-39-37-68(94-81-42-34-58(3)46-75(81)76-47-59(4)35-43-82(76)94)55-84(78)96(86)89-71(63-28-20-14-21-29-63)52-66(91(9,10)11)53-72(89)64-30-22-15-23-31-64/h12-55H,1-11H3. The van der Waals surface area contributed by atoms with Gasteiger partial charge < -0.3 is 18.9 Å². The summed E-state index contributed by atoms with van der Waals surface area (Å²) in [5, 5.41) is 5.04. The molecule has 13 aromatic carbocycles. The van der Waals surface area contributed by atoms with Gasteiger partial charge in [0.1, 0.15) is 0 Å². The van der Waals surface area contributed by atoms with Crippen molar-refractivity contribution in [1.29, 1.82) is 0 Å². The van der Waals surface area contributed by atoms with Crippen LogP contribution in [0.4, 0.5) is 34.1 Å². The van der Waals surface area contributed by atoms with Crippen molar-refractivity contribution < 1.29 is 0 Å². The van der Waals surface area contributed by atoms with Gasteiger partial charge in [0, 0.05) is 77.9 Å². The molecule has 2 aliphatic heterocycles. The molecule has 96 heavy (non-hydrogen) atoms. The van der Waals surface area contributed by atoms with Crippen molar-refractivity contribution in [3.63, 3.8) is 0 Å². The van der Waals surface area contributed by atoms with Gasteiger partial charge in [0.2, 0.25) is 0 Å². The van der Waals surface area contributed by atoms with Gasteiger partial charge in [0.15, 0.2) is 0 Å². The van der Waals surface area contributed by atoms with Gasteiger partial charge in [-0.2, -0.15) is 0 Å². The van der Waals surface area contributed by atoms with E-state index in [-0.39, 0.29) is 17.5 Å². The molecule has 0 atom stereocenters. The maximum absolute atomic E-state index is 2.71. The van der Waals surface area contributed by atoms with Gasteiger partial charge in [-0.05, 0) is 210 Å². The molecule has 0 amide bonds. The summed E-state index contributed by atoms with van der Waals surface area (Å²) in [6, 6.07) is 103. The molecule has 0 aliphatic carbocycles. The summed E-state index contributed by atoms with van der Waals surface area (Å²) >= 11 is 0. The first-order chi connectivity index (χ1) is 46.4. The number of fused-ring (bicyclic) bond motifs is 10. The summed E-state index contributed by atoms with van der Waals surface area (Å²) in [7, 11) is 0. The molecule has 4 nitrogen and oxygen atoms in total. The first kappa shape index (κ1) is 58.9. The Kier molecular flexibility index (Phi) is 13.6. The van der Waals surface area contributed by atoms with Gasteiger partial charge >= 0.3 is 0 Å². The van der Waals surface area contributed by atoms with Crippen LogP contribution in [-0.2, 0) is 10.8 Å². The third-order valence-corrected chi connectivity index (χ3v) is 20.6. The highest BCUT2D eigenvalue weighted by Crippen LogP contribution is 2.55. The fourth-order valence-corrected chi connectivity index (χ4v) is 15.9. The fraction of sp³-hybridized carbons (Fsp3) is 0.143. The predicted molar refractivity (Wildman–Crippen MR) is 412 cm³/mol. The van der Waals surface area contributed by atoms with E-state index in [0.29, 0.717) is 0 Å². The predicted octanol–water partition coefficient (Wildman–Crippen LogP) is 22.8. The van der Waals surface area contributed by atoms with Crippen molar-refractivity contribution in [3.8, 4) is 55.9 Å². The number of anilines is 6. The van der Waals surface area contributed by atoms with E-state index in [4.69, 9.17) is 0 Å². The fourth-order valence-electron chi connectivity index (χ4n) is 15.9. The molecule has 2 aliphatic rings. The number of nitrogens with zero attached hydrogens (tertiary/aromatic N) is 4. The molecule has 4 heterocycles. The zero-order valence-corrected chi connectivity index (χ0v) is 56.8. The lowest BCUT2D eigenvalue weighted by Crippen LogP contribution is -2.61. The molecule has 0 saturated heterocycles. The maximum atomic E-state index is 2.71. The number of rotatable bonds is 8. The Hall–Kier alpha value is -10.9. The quantitative estimate of drug-likeness (QED) is 0.141. The average Bonchev–Trinajstić information content (AvgIpc) is 0.796. The Morgan fingerprint density at radius 1 is 0.271 bits per heavy atom. The van der Waals surface area contributed by atoms with Crippen molar-refractivity contribution in [3.05, 3.63) is 306 Å². The van der Waals surface area contributed by atoms with Gasteiger partial charge in [-0.3, -0.25) is 0 Å². The Morgan fingerprint density at radius 3 is 0.844 bits per heavy atom. The molecule has 5 heteroatoms. The third kappa shape index (κ3) is 9.48. The van der Waals surface area contributed by atoms with Gasteiger partial charge in [-0.15, -0.1) is 0 Å². The monoisotopic (exact) mass is 1240 g/mol. The summed E-state index contributed by atoms with van der Waals surface area (Å²) < 4.78 is 5.04. The molecule has 15 aromatic rings. The molecular weight excluding hydrogens is 1160 g/mol. The topological polar surface area (TPSA) is 16.3 Å². The lowest BCUT2D eigenvalue weighted by molar-refractivity contribution is 0.590. The van der Waals surface area contributed by atoms with Crippen molar-refractivity contribution in [1.82, 2.24) is 9.13 Å². The van der Waals surface area contributed by atoms with E-state index in [9.17, 15) is 0 Å². The van der Waals surface area contributed by atoms with Crippen molar-refractivity contribution in [2.45, 2.75) is 87.0 Å². The maximum Gasteiger partial charge on any atom is 0.252 e. The SMILES string of the molecule is Cc1cc2c3c(c1)N(c1c(-c4ccccc4)cc(C(C)(C)C)cc1-c1ccccc1)c1cc(-n4c5ccc(C)cc5c5cc(C)ccc54)ccc1B3c1ccc(-n3c4ccc(C)cc4c4cc(C)ccc43)cc1N2c1c(-c2ccccc2)cc(C(C)(C)C)cc1-c1ccccc1. The molecule has 0 N–H and O–H groups in total. The van der Waals surface area contributed by atoms with Crippen molar-refractivity contribution in [2.75, 3.05) is 9.80 Å². The van der Waals surface area contributed by atoms with Crippen molar-refractivity contribution in [2.24, 2.45) is 0 Å². The summed E-state index contributed by atoms with van der Waals surface area (Å²) in [6.45, 7) is 25.1. The van der Waals surface area contributed by atoms with Crippen LogP contribution >= 0.6 is 0 Å². The zero-order chi connectivity index (χ0) is 65.6. The Labute approximate surface area is 565 Å². The Balaban J connectivity index is 1.05. The molecule has 0 saturated carbocycles. The van der Waals surface area contributed by atoms with Crippen LogP contribution in [0.15, 0.2) is 267 Å². The van der Waals surface area contributed by atoms with E-state index in [0.717, 1.165) is 45.5 Å². The zero-order valence-electron chi connectivity index (χ0n) is 56.8. The van der Waals surface area contributed by atoms with Crippen LogP contribution in [0.25, 0.3) is 99.5 Å². The summed E-state index contributed by atoms with van der Waals surface area (Å²) in [5.41, 5.74) is 35.4. The highest BCUT2D eigenvalue weighted by molar-refractivity contribution is 7.00. The molecule has 464 valence electrons. The molecule has 0 bridgehead atoms. The van der Waals surface area contributed by atoms with E-state index in [1.54, 1.807) is 0 Å². The normalized spacial score (nSPS) is 12.9. The average molecular weight is 1240 g/mol. The highest BCUT2D eigenvalue weighted by atomic mass is 15.2. The molecular formula is C91H77BN4. The minimum atomic E-state index is -0.202. The van der Waals surface area contributed by atoms with Crippen molar-refractivity contribution >= 4 is 101 Å². The van der Waals surface area contributed by atoms with Crippen LogP contribution in [0.3, 0.4) is 0 Å². The second kappa shape index (κ2) is 22.1. The van der Waals surface area contributed by atoms with Gasteiger partial charge in [0.05, 0.1) is 33.4 Å². The minimum Gasteiger partial charge on any atom is -0.310 e. The lowest BCUT2D eigenvalue weighted by Gasteiger charge is -2.46. The van der Waals surface area contributed by atoms with Gasteiger partial charge in [-0.25, -0.2) is 0 Å². The molecule has 2 aromatic heterocycles. The number of hydrogen-bond donors (Lipinski definition) is 0. The van der Waals surface area contributed by atoms with Crippen LogP contribution in [0.2, 0.25) is 0 Å². The molecule has 0 radical (unpaired) electrons. The molecule has 17 rings (SSSR count). The first-order valence-corrected chi connectivity index (χ1v) is 34.1. The van der Waals surface area contributed by atoms with Crippen LogP contribution in [-0.4, -0.2) is 15.8 Å². The summed E-state index contributed by atoms with van der Waals surface area (Å²) in [5.74, 6) is 0. The first-order valence-electron chi connectivity index (χ1n) is 34.1. The van der Waals surface area contributed by atoms with Crippen LogP contribution < -0.4 is 26.2 Å². The van der Waals surface area contributed by atoms with Crippen LogP contribution in [0.5, 0.6) is 0 Å². The summed E-state index contributed by atoms with van der Waals surface area (Å²) in [6.07, 6.45) is 0. The Bertz CT molecular complexity index is 5080. The van der Waals surface area contributed by atoms with Crippen LogP contribution in [0, 0.1) is 34.6 Å². The van der Waals surface area contributed by atoms with E-state index < -0.39 is 0 Å². The van der Waals surface area contributed by atoms with Crippen LogP contribution in [0.1, 0.15) is 80.5 Å². The largest absolute Gasteiger partial charge is 0.310 e. The second-order valence-corrected chi connectivity index (χ2v) is 29.4. The molecule has 0 spiro atoms. The Morgan fingerprint density at radius 2 is 0.562 bits per heavy atom. The smallest absolute Gasteiger partial charge is 0.252 e. The van der Waals surface area contributed by atoms with Gasteiger partial charge in [0.25, 0.3) is 6.71 Å².